The van der Waals surface area contributed by atoms with E-state index < -0.39 is 0 Å². The number of hydrogen-bond acceptors (Lipinski definition) is 6. The van der Waals surface area contributed by atoms with E-state index in [9.17, 15) is 0 Å². The third-order valence-electron chi connectivity index (χ3n) is 4.45. The second-order valence-electron chi connectivity index (χ2n) is 6.12. The summed E-state index contributed by atoms with van der Waals surface area (Å²) in [6.45, 7) is 3.58. The van der Waals surface area contributed by atoms with E-state index in [2.05, 4.69) is 43.4 Å². The van der Waals surface area contributed by atoms with Gasteiger partial charge in [-0.15, -0.1) is 0 Å². The zero-order valence-corrected chi connectivity index (χ0v) is 15.8. The van der Waals surface area contributed by atoms with E-state index in [0.717, 1.165) is 47.1 Å². The summed E-state index contributed by atoms with van der Waals surface area (Å²) in [4.78, 5) is 11.1. The standard InChI is InChI=1S/C18H20ClN5.CH5N/c19-14-11-20-12-17(18(14)24-7-1-2-8-24)23-10-13-3-4-15-16(9-13)22-6-5-21-15;1-2/h3-6,9,12,20,23H,1-2,7-8,10-11H2;2H2,1H3. The van der Waals surface area contributed by atoms with E-state index in [0.29, 0.717) is 6.54 Å². The monoisotopic (exact) mass is 372 g/mol. The molecule has 1 aromatic carbocycles. The lowest BCUT2D eigenvalue weighted by Gasteiger charge is -2.29. The number of nitrogens with one attached hydrogen (secondary N) is 2. The summed E-state index contributed by atoms with van der Waals surface area (Å²) in [5.74, 6) is 0. The average molecular weight is 373 g/mol. The Balaban J connectivity index is 0.000000948. The largest absolute Gasteiger partial charge is 0.384 e. The molecule has 2 aromatic rings. The van der Waals surface area contributed by atoms with Crippen molar-refractivity contribution in [3.8, 4) is 0 Å². The molecule has 0 unspecified atom stereocenters. The van der Waals surface area contributed by atoms with E-state index >= 15 is 0 Å². The van der Waals surface area contributed by atoms with Gasteiger partial charge in [-0.05, 0) is 37.6 Å². The Labute approximate surface area is 159 Å². The molecule has 0 aliphatic carbocycles. The molecule has 3 heterocycles. The fourth-order valence-electron chi connectivity index (χ4n) is 3.27. The molecule has 6 nitrogen and oxygen atoms in total. The highest BCUT2D eigenvalue weighted by atomic mass is 35.5. The number of aromatic nitrogens is 2. The fourth-order valence-corrected chi connectivity index (χ4v) is 3.57. The van der Waals surface area contributed by atoms with E-state index in [-0.39, 0.29) is 0 Å². The van der Waals surface area contributed by atoms with Crippen molar-refractivity contribution >= 4 is 22.6 Å². The van der Waals surface area contributed by atoms with Crippen molar-refractivity contribution in [2.24, 2.45) is 5.73 Å². The maximum absolute atomic E-state index is 6.49. The predicted molar refractivity (Wildman–Crippen MR) is 106 cm³/mol. The van der Waals surface area contributed by atoms with E-state index in [1.165, 1.54) is 25.5 Å². The molecule has 1 fully saturated rings. The zero-order chi connectivity index (χ0) is 18.4. The molecule has 0 atom stereocenters. The first-order valence-electron chi connectivity index (χ1n) is 8.90. The van der Waals surface area contributed by atoms with Gasteiger partial charge in [-0.1, -0.05) is 17.7 Å². The van der Waals surface area contributed by atoms with Gasteiger partial charge in [-0.2, -0.15) is 0 Å². The summed E-state index contributed by atoms with van der Waals surface area (Å²) < 4.78 is 0. The number of hydrogen-bond donors (Lipinski definition) is 3. The molecule has 0 amide bonds. The van der Waals surface area contributed by atoms with Crippen LogP contribution in [0, 0.1) is 0 Å². The second kappa shape index (κ2) is 8.87. The Morgan fingerprint density at radius 3 is 2.65 bits per heavy atom. The van der Waals surface area contributed by atoms with Crippen molar-refractivity contribution in [1.29, 1.82) is 0 Å². The highest BCUT2D eigenvalue weighted by molar-refractivity contribution is 6.30. The molecule has 2 aliphatic rings. The van der Waals surface area contributed by atoms with Crippen LogP contribution in [0.5, 0.6) is 0 Å². The van der Waals surface area contributed by atoms with Crippen LogP contribution in [0.3, 0.4) is 0 Å². The molecule has 0 saturated carbocycles. The first kappa shape index (κ1) is 18.5. The van der Waals surface area contributed by atoms with Crippen LogP contribution in [0.4, 0.5) is 0 Å². The number of rotatable bonds is 4. The van der Waals surface area contributed by atoms with Crippen LogP contribution in [0.2, 0.25) is 0 Å². The number of nitrogens with two attached hydrogens (primary N) is 1. The fraction of sp³-hybridized carbons (Fsp3) is 0.368. The van der Waals surface area contributed by atoms with Gasteiger partial charge in [-0.3, -0.25) is 9.97 Å². The van der Waals surface area contributed by atoms with Gasteiger partial charge >= 0.3 is 0 Å². The Kier molecular flexibility index (Phi) is 6.30. The number of dihydropyridines is 1. The molecular weight excluding hydrogens is 348 g/mol. The minimum atomic E-state index is 0.699. The Bertz CT molecular complexity index is 811. The number of likely N-dealkylation sites (tertiary alicyclic amines) is 1. The van der Waals surface area contributed by atoms with Gasteiger partial charge < -0.3 is 21.3 Å². The Morgan fingerprint density at radius 2 is 1.88 bits per heavy atom. The van der Waals surface area contributed by atoms with Crippen molar-refractivity contribution in [2.45, 2.75) is 19.4 Å². The molecule has 2 aliphatic heterocycles. The topological polar surface area (TPSA) is 79.1 Å². The number of nitrogens with zero attached hydrogens (tertiary/aromatic N) is 3. The van der Waals surface area contributed by atoms with E-state index in [1.54, 1.807) is 12.4 Å². The minimum absolute atomic E-state index is 0.699. The molecule has 1 saturated heterocycles. The van der Waals surface area contributed by atoms with Crippen LogP contribution in [0.25, 0.3) is 11.0 Å². The van der Waals surface area contributed by atoms with Gasteiger partial charge in [0.25, 0.3) is 0 Å². The summed E-state index contributed by atoms with van der Waals surface area (Å²) in [7, 11) is 1.50. The first-order valence-corrected chi connectivity index (χ1v) is 9.28. The molecule has 26 heavy (non-hydrogen) atoms. The van der Waals surface area contributed by atoms with Crippen molar-refractivity contribution in [3.63, 3.8) is 0 Å². The van der Waals surface area contributed by atoms with Crippen LogP contribution in [-0.2, 0) is 6.54 Å². The van der Waals surface area contributed by atoms with Gasteiger partial charge in [0.05, 0.1) is 34.0 Å². The average Bonchev–Trinajstić information content (AvgIpc) is 3.22. The zero-order valence-electron chi connectivity index (χ0n) is 15.0. The Morgan fingerprint density at radius 1 is 1.15 bits per heavy atom. The summed E-state index contributed by atoms with van der Waals surface area (Å²) in [6, 6.07) is 6.17. The Hall–Kier alpha value is -2.31. The summed E-state index contributed by atoms with van der Waals surface area (Å²) in [6.07, 6.45) is 7.94. The van der Waals surface area contributed by atoms with Crippen LogP contribution >= 0.6 is 11.6 Å². The molecule has 0 bridgehead atoms. The van der Waals surface area contributed by atoms with Crippen molar-refractivity contribution in [2.75, 3.05) is 26.7 Å². The van der Waals surface area contributed by atoms with Gasteiger partial charge in [0.1, 0.15) is 0 Å². The predicted octanol–water partition coefficient (Wildman–Crippen LogP) is 2.29. The molecule has 1 aromatic heterocycles. The number of benzene rings is 1. The summed E-state index contributed by atoms with van der Waals surface area (Å²) >= 11 is 6.49. The van der Waals surface area contributed by atoms with Crippen LogP contribution < -0.4 is 16.4 Å². The molecule has 0 radical (unpaired) electrons. The van der Waals surface area contributed by atoms with E-state index in [1.807, 2.05) is 12.3 Å². The maximum atomic E-state index is 6.49. The lowest BCUT2D eigenvalue weighted by Crippen LogP contribution is -2.32. The minimum Gasteiger partial charge on any atom is -0.384 e. The number of halogens is 1. The van der Waals surface area contributed by atoms with Crippen molar-refractivity contribution in [1.82, 2.24) is 25.5 Å². The smallest absolute Gasteiger partial charge is 0.0890 e. The summed E-state index contributed by atoms with van der Waals surface area (Å²) in [5, 5.41) is 7.65. The normalized spacial score (nSPS) is 16.7. The SMILES string of the molecule is CN.ClC1=C(N2CCCC2)C(NCc2ccc3nccnc3c2)=CNC1. The number of fused-ring (bicyclic) bond motifs is 1. The van der Waals surface area contributed by atoms with Crippen LogP contribution in [0.15, 0.2) is 53.2 Å². The molecular formula is C19H25ClN6. The van der Waals surface area contributed by atoms with Gasteiger partial charge in [-0.25, -0.2) is 0 Å². The van der Waals surface area contributed by atoms with Crippen molar-refractivity contribution in [3.05, 3.63) is 58.8 Å². The third kappa shape index (κ3) is 4.08. The third-order valence-corrected chi connectivity index (χ3v) is 4.77. The van der Waals surface area contributed by atoms with E-state index in [4.69, 9.17) is 11.6 Å². The highest BCUT2D eigenvalue weighted by Crippen LogP contribution is 2.27. The van der Waals surface area contributed by atoms with Gasteiger partial charge in [0, 0.05) is 38.2 Å². The lowest BCUT2D eigenvalue weighted by molar-refractivity contribution is 0.420. The van der Waals surface area contributed by atoms with Crippen LogP contribution in [0.1, 0.15) is 18.4 Å². The highest BCUT2D eigenvalue weighted by Gasteiger charge is 2.23. The maximum Gasteiger partial charge on any atom is 0.0890 e. The van der Waals surface area contributed by atoms with Crippen molar-refractivity contribution < 1.29 is 0 Å². The first-order chi connectivity index (χ1) is 12.8. The van der Waals surface area contributed by atoms with Crippen LogP contribution in [-0.4, -0.2) is 41.5 Å². The van der Waals surface area contributed by atoms with Gasteiger partial charge in [0.15, 0.2) is 0 Å². The molecule has 4 rings (SSSR count). The molecule has 0 spiro atoms. The second-order valence-corrected chi connectivity index (χ2v) is 6.58. The van der Waals surface area contributed by atoms with Gasteiger partial charge in [0.2, 0.25) is 0 Å². The lowest BCUT2D eigenvalue weighted by atomic mass is 10.1. The molecule has 7 heteroatoms. The molecule has 4 N–H and O–H groups in total. The summed E-state index contributed by atoms with van der Waals surface area (Å²) in [5.41, 5.74) is 9.72. The quantitative estimate of drug-likeness (QED) is 0.764. The molecule has 138 valence electrons.